The zero-order valence-corrected chi connectivity index (χ0v) is 13.5. The lowest BCUT2D eigenvalue weighted by Gasteiger charge is -2.02. The summed E-state index contributed by atoms with van der Waals surface area (Å²) in [5.74, 6) is -0.754. The van der Waals surface area contributed by atoms with Gasteiger partial charge in [0.05, 0.1) is 29.3 Å². The van der Waals surface area contributed by atoms with Crippen molar-refractivity contribution in [2.75, 3.05) is 0 Å². The number of carbonyl (C=O) groups excluding carboxylic acids is 1. The Labute approximate surface area is 141 Å². The van der Waals surface area contributed by atoms with Crippen molar-refractivity contribution in [1.29, 1.82) is 5.26 Å². The molecule has 0 aliphatic rings. The van der Waals surface area contributed by atoms with E-state index in [1.165, 1.54) is 34.3 Å². The second kappa shape index (κ2) is 6.60. The van der Waals surface area contributed by atoms with Crippen molar-refractivity contribution in [2.24, 2.45) is 0 Å². The lowest BCUT2D eigenvalue weighted by Crippen LogP contribution is -2.21. The number of benzene rings is 1. The van der Waals surface area contributed by atoms with Crippen molar-refractivity contribution in [3.63, 3.8) is 0 Å². The lowest BCUT2D eigenvalue weighted by molar-refractivity contribution is 0.0954. The summed E-state index contributed by atoms with van der Waals surface area (Å²) in [5.41, 5.74) is 0.920. The maximum atomic E-state index is 14.0. The van der Waals surface area contributed by atoms with Gasteiger partial charge in [-0.15, -0.1) is 16.4 Å². The van der Waals surface area contributed by atoms with Gasteiger partial charge in [0.1, 0.15) is 17.2 Å². The molecule has 0 unspecified atom stereocenters. The van der Waals surface area contributed by atoms with E-state index in [0.29, 0.717) is 10.6 Å². The molecule has 3 rings (SSSR count). The van der Waals surface area contributed by atoms with Crippen LogP contribution in [0.4, 0.5) is 4.39 Å². The highest BCUT2D eigenvalue weighted by Gasteiger charge is 2.11. The fraction of sp³-hybridized carbons (Fsp3) is 0.125. The normalized spacial score (nSPS) is 10.4. The molecule has 24 heavy (non-hydrogen) atoms. The number of thiophene rings is 1. The SMILES string of the molecule is Cc1ccc(C(=O)NCc2cn(-c3ccc(C#N)cc3F)nn2)s1. The minimum Gasteiger partial charge on any atom is -0.346 e. The number of hydrogen-bond acceptors (Lipinski definition) is 5. The maximum Gasteiger partial charge on any atom is 0.261 e. The van der Waals surface area contributed by atoms with Crippen LogP contribution < -0.4 is 5.32 Å². The molecule has 6 nitrogen and oxygen atoms in total. The Morgan fingerprint density at radius 1 is 1.42 bits per heavy atom. The molecule has 120 valence electrons. The first kappa shape index (κ1) is 15.8. The molecule has 2 aromatic heterocycles. The van der Waals surface area contributed by atoms with Gasteiger partial charge in [-0.3, -0.25) is 4.79 Å². The number of aryl methyl sites for hydroxylation is 1. The fourth-order valence-corrected chi connectivity index (χ4v) is 2.86. The second-order valence-corrected chi connectivity index (χ2v) is 6.31. The number of nitrogens with zero attached hydrogens (tertiary/aromatic N) is 4. The highest BCUT2D eigenvalue weighted by molar-refractivity contribution is 7.13. The standard InChI is InChI=1S/C16H12FN5OS/c1-10-2-5-15(24-10)16(23)19-8-12-9-22(21-20-12)14-4-3-11(7-18)6-13(14)17/h2-6,9H,8H2,1H3,(H,19,23). The quantitative estimate of drug-likeness (QED) is 0.790. The van der Waals surface area contributed by atoms with Gasteiger partial charge in [-0.25, -0.2) is 9.07 Å². The van der Waals surface area contributed by atoms with E-state index in [4.69, 9.17) is 5.26 Å². The summed E-state index contributed by atoms with van der Waals surface area (Å²) >= 11 is 1.41. The van der Waals surface area contributed by atoms with Gasteiger partial charge in [0.15, 0.2) is 0 Å². The summed E-state index contributed by atoms with van der Waals surface area (Å²) in [4.78, 5) is 13.7. The van der Waals surface area contributed by atoms with Crippen LogP contribution >= 0.6 is 11.3 Å². The zero-order chi connectivity index (χ0) is 17.1. The highest BCUT2D eigenvalue weighted by atomic mass is 32.1. The molecule has 2 heterocycles. The summed E-state index contributed by atoms with van der Waals surface area (Å²) in [7, 11) is 0. The average molecular weight is 341 g/mol. The van der Waals surface area contributed by atoms with Crippen LogP contribution in [0.25, 0.3) is 5.69 Å². The summed E-state index contributed by atoms with van der Waals surface area (Å²) in [5, 5.41) is 19.3. The van der Waals surface area contributed by atoms with Crippen molar-refractivity contribution in [3.05, 3.63) is 63.4 Å². The minimum absolute atomic E-state index is 0.188. The first-order chi connectivity index (χ1) is 11.6. The number of nitriles is 1. The van der Waals surface area contributed by atoms with Crippen molar-refractivity contribution in [2.45, 2.75) is 13.5 Å². The van der Waals surface area contributed by atoms with Crippen LogP contribution in [0.5, 0.6) is 0 Å². The van der Waals surface area contributed by atoms with Crippen LogP contribution in [0.2, 0.25) is 0 Å². The van der Waals surface area contributed by atoms with E-state index in [9.17, 15) is 9.18 Å². The van der Waals surface area contributed by atoms with Crippen LogP contribution in [0.1, 0.15) is 25.8 Å². The Morgan fingerprint density at radius 3 is 2.92 bits per heavy atom. The molecule has 1 amide bonds. The molecule has 0 fully saturated rings. The summed E-state index contributed by atoms with van der Waals surface area (Å²) in [6.45, 7) is 2.12. The average Bonchev–Trinajstić information content (AvgIpc) is 3.21. The van der Waals surface area contributed by atoms with Crippen LogP contribution in [-0.2, 0) is 6.54 Å². The number of aromatic nitrogens is 3. The number of carbonyl (C=O) groups is 1. The first-order valence-corrected chi connectivity index (χ1v) is 7.84. The van der Waals surface area contributed by atoms with Gasteiger partial charge >= 0.3 is 0 Å². The molecule has 0 aliphatic heterocycles. The molecular weight excluding hydrogens is 329 g/mol. The monoisotopic (exact) mass is 341 g/mol. The Bertz CT molecular complexity index is 940. The van der Waals surface area contributed by atoms with Crippen LogP contribution in [0.3, 0.4) is 0 Å². The number of halogens is 1. The maximum absolute atomic E-state index is 14.0. The predicted molar refractivity (Wildman–Crippen MR) is 86.3 cm³/mol. The van der Waals surface area contributed by atoms with Gasteiger partial charge in [0.25, 0.3) is 5.91 Å². The Kier molecular flexibility index (Phi) is 4.35. The van der Waals surface area contributed by atoms with Gasteiger partial charge in [-0.05, 0) is 37.3 Å². The largest absolute Gasteiger partial charge is 0.346 e. The van der Waals surface area contributed by atoms with E-state index in [0.717, 1.165) is 10.9 Å². The van der Waals surface area contributed by atoms with Crippen molar-refractivity contribution in [3.8, 4) is 11.8 Å². The second-order valence-electron chi connectivity index (χ2n) is 5.03. The van der Waals surface area contributed by atoms with Crippen LogP contribution in [-0.4, -0.2) is 20.9 Å². The molecule has 0 atom stereocenters. The Morgan fingerprint density at radius 2 is 2.25 bits per heavy atom. The van der Waals surface area contributed by atoms with E-state index in [2.05, 4.69) is 15.6 Å². The highest BCUT2D eigenvalue weighted by Crippen LogP contribution is 2.16. The first-order valence-electron chi connectivity index (χ1n) is 7.02. The summed E-state index contributed by atoms with van der Waals surface area (Å²) in [6.07, 6.45) is 1.53. The fourth-order valence-electron chi connectivity index (χ4n) is 2.07. The molecule has 0 spiro atoms. The Hall–Kier alpha value is -3.05. The van der Waals surface area contributed by atoms with E-state index < -0.39 is 5.82 Å². The minimum atomic E-state index is -0.566. The third kappa shape index (κ3) is 3.31. The van der Waals surface area contributed by atoms with Gasteiger partial charge in [-0.2, -0.15) is 5.26 Å². The third-order valence-electron chi connectivity index (χ3n) is 3.26. The molecule has 0 aliphatic carbocycles. The van der Waals surface area contributed by atoms with Crippen molar-refractivity contribution < 1.29 is 9.18 Å². The molecular formula is C16H12FN5OS. The molecule has 0 radical (unpaired) electrons. The van der Waals surface area contributed by atoms with E-state index in [1.54, 1.807) is 6.07 Å². The molecule has 0 bridgehead atoms. The van der Waals surface area contributed by atoms with Crippen LogP contribution in [0.15, 0.2) is 36.5 Å². The molecule has 0 saturated carbocycles. The van der Waals surface area contributed by atoms with E-state index in [-0.39, 0.29) is 23.7 Å². The van der Waals surface area contributed by atoms with Crippen molar-refractivity contribution in [1.82, 2.24) is 20.3 Å². The van der Waals surface area contributed by atoms with Gasteiger partial charge in [0.2, 0.25) is 0 Å². The number of amides is 1. The van der Waals surface area contributed by atoms with E-state index in [1.807, 2.05) is 19.1 Å². The summed E-state index contributed by atoms with van der Waals surface area (Å²) < 4.78 is 15.2. The predicted octanol–water partition coefficient (Wildman–Crippen LogP) is 2.58. The molecule has 0 saturated heterocycles. The molecule has 3 aromatic rings. The number of hydrogen-bond donors (Lipinski definition) is 1. The third-order valence-corrected chi connectivity index (χ3v) is 4.26. The Balaban J connectivity index is 1.70. The molecule has 1 N–H and O–H groups in total. The lowest BCUT2D eigenvalue weighted by atomic mass is 10.2. The topological polar surface area (TPSA) is 83.6 Å². The number of rotatable bonds is 4. The van der Waals surface area contributed by atoms with Gasteiger partial charge in [0, 0.05) is 4.88 Å². The van der Waals surface area contributed by atoms with Crippen LogP contribution in [0, 0.1) is 24.1 Å². The zero-order valence-electron chi connectivity index (χ0n) is 12.7. The van der Waals surface area contributed by atoms with Crippen molar-refractivity contribution >= 4 is 17.2 Å². The van der Waals surface area contributed by atoms with E-state index >= 15 is 0 Å². The smallest absolute Gasteiger partial charge is 0.261 e. The molecule has 1 aromatic carbocycles. The summed E-state index contributed by atoms with van der Waals surface area (Å²) in [6, 6.07) is 9.61. The molecule has 8 heteroatoms. The van der Waals surface area contributed by atoms with Gasteiger partial charge in [-0.1, -0.05) is 5.21 Å². The number of nitrogens with one attached hydrogen (secondary N) is 1. The van der Waals surface area contributed by atoms with Gasteiger partial charge < -0.3 is 5.32 Å².